The standard InChI is InChI=1S/C16H12N2O7S2.Na/c19-15-8-1-10-9-13(27(23,24)25)6-7-14(10)16(15)18-17-11-2-4-12(5-3-11)26(20,21)22;/h1-9,19H,(H,20,21,22)(H,23,24,25);/q;+1/p-1. The van der Waals surface area contributed by atoms with Gasteiger partial charge in [-0.25, -0.2) is 8.42 Å². The summed E-state index contributed by atoms with van der Waals surface area (Å²) in [5, 5.41) is 18.6. The minimum Gasteiger partial charge on any atom is -0.744 e. The van der Waals surface area contributed by atoms with Gasteiger partial charge in [0.1, 0.15) is 21.6 Å². The van der Waals surface area contributed by atoms with Gasteiger partial charge in [-0.1, -0.05) is 12.1 Å². The first-order chi connectivity index (χ1) is 12.6. The van der Waals surface area contributed by atoms with Crippen molar-refractivity contribution in [3.8, 4) is 5.75 Å². The van der Waals surface area contributed by atoms with Crippen LogP contribution >= 0.6 is 0 Å². The number of hydrogen-bond donors (Lipinski definition) is 2. The molecule has 0 fully saturated rings. The molecule has 28 heavy (non-hydrogen) atoms. The second-order valence-electron chi connectivity index (χ2n) is 5.44. The Labute approximate surface area is 182 Å². The summed E-state index contributed by atoms with van der Waals surface area (Å²) in [5.74, 6) is -0.224. The molecule has 0 saturated heterocycles. The number of fused-ring (bicyclic) bond motifs is 1. The van der Waals surface area contributed by atoms with Crippen molar-refractivity contribution in [2.24, 2.45) is 10.2 Å². The number of rotatable bonds is 4. The van der Waals surface area contributed by atoms with Gasteiger partial charge in [-0.2, -0.15) is 13.5 Å². The topological polar surface area (TPSA) is 157 Å². The van der Waals surface area contributed by atoms with Crippen LogP contribution in [0.15, 0.2) is 74.6 Å². The van der Waals surface area contributed by atoms with E-state index in [4.69, 9.17) is 4.55 Å². The Morgan fingerprint density at radius 2 is 1.43 bits per heavy atom. The van der Waals surface area contributed by atoms with Crippen LogP contribution in [-0.4, -0.2) is 31.0 Å². The quantitative estimate of drug-likeness (QED) is 0.338. The van der Waals surface area contributed by atoms with E-state index >= 15 is 0 Å². The Kier molecular flexibility index (Phi) is 6.61. The monoisotopic (exact) mass is 430 g/mol. The molecule has 0 heterocycles. The van der Waals surface area contributed by atoms with Crippen molar-refractivity contribution < 1.29 is 60.6 Å². The maximum Gasteiger partial charge on any atom is 1.00 e. The molecule has 0 aromatic heterocycles. The van der Waals surface area contributed by atoms with E-state index in [1.54, 1.807) is 0 Å². The zero-order chi connectivity index (χ0) is 19.8. The van der Waals surface area contributed by atoms with Gasteiger partial charge in [-0.3, -0.25) is 4.55 Å². The van der Waals surface area contributed by atoms with Gasteiger partial charge in [0.25, 0.3) is 10.1 Å². The summed E-state index contributed by atoms with van der Waals surface area (Å²) < 4.78 is 64.4. The van der Waals surface area contributed by atoms with Crippen LogP contribution in [-0.2, 0) is 20.2 Å². The van der Waals surface area contributed by atoms with E-state index in [0.717, 1.165) is 24.3 Å². The predicted molar refractivity (Wildman–Crippen MR) is 94.0 cm³/mol. The summed E-state index contributed by atoms with van der Waals surface area (Å²) in [5.41, 5.74) is 0.291. The average molecular weight is 430 g/mol. The van der Waals surface area contributed by atoms with Crippen LogP contribution in [0.1, 0.15) is 0 Å². The third-order valence-electron chi connectivity index (χ3n) is 3.63. The Balaban J connectivity index is 0.00000280. The third kappa shape index (κ3) is 4.94. The van der Waals surface area contributed by atoms with Gasteiger partial charge in [0, 0.05) is 5.39 Å². The average Bonchev–Trinajstić information content (AvgIpc) is 2.59. The zero-order valence-corrected chi connectivity index (χ0v) is 18.0. The van der Waals surface area contributed by atoms with E-state index < -0.39 is 25.1 Å². The summed E-state index contributed by atoms with van der Waals surface area (Å²) in [6, 6.07) is 11.2. The predicted octanol–water partition coefficient (Wildman–Crippen LogP) is 0.116. The summed E-state index contributed by atoms with van der Waals surface area (Å²) in [6.07, 6.45) is 0. The molecule has 0 amide bonds. The fourth-order valence-electron chi connectivity index (χ4n) is 2.33. The molecule has 0 saturated carbocycles. The van der Waals surface area contributed by atoms with E-state index in [0.29, 0.717) is 10.8 Å². The van der Waals surface area contributed by atoms with E-state index in [2.05, 4.69) is 10.2 Å². The molecular weight excluding hydrogens is 419 g/mol. The summed E-state index contributed by atoms with van der Waals surface area (Å²) in [6.45, 7) is 0. The molecule has 3 aromatic carbocycles. The molecule has 0 aliphatic rings. The minimum atomic E-state index is -4.62. The molecule has 140 valence electrons. The van der Waals surface area contributed by atoms with Crippen molar-refractivity contribution in [2.75, 3.05) is 0 Å². The van der Waals surface area contributed by atoms with Crippen molar-refractivity contribution in [1.82, 2.24) is 0 Å². The molecule has 0 atom stereocenters. The maximum absolute atomic E-state index is 11.1. The van der Waals surface area contributed by atoms with Gasteiger partial charge in [0.2, 0.25) is 0 Å². The molecule has 0 bridgehead atoms. The number of nitrogens with zero attached hydrogens (tertiary/aromatic N) is 2. The Hall–Kier alpha value is -1.86. The van der Waals surface area contributed by atoms with Gasteiger partial charge in [0.15, 0.2) is 0 Å². The largest absolute Gasteiger partial charge is 1.00 e. The maximum atomic E-state index is 11.1. The SMILES string of the molecule is O=S(=O)([O-])c1ccc2c(N=Nc3ccc(S(=O)(=O)O)cc3)c(O)ccc2c1.[Na+]. The minimum absolute atomic E-state index is 0. The van der Waals surface area contributed by atoms with Crippen LogP contribution in [0.5, 0.6) is 5.75 Å². The fraction of sp³-hybridized carbons (Fsp3) is 0. The number of benzene rings is 3. The second kappa shape index (κ2) is 8.25. The van der Waals surface area contributed by atoms with E-state index in [1.165, 1.54) is 30.3 Å². The van der Waals surface area contributed by atoms with Crippen molar-refractivity contribution >= 4 is 42.4 Å². The number of hydrogen-bond acceptors (Lipinski definition) is 8. The van der Waals surface area contributed by atoms with E-state index in [9.17, 15) is 26.5 Å². The van der Waals surface area contributed by atoms with Crippen molar-refractivity contribution in [2.45, 2.75) is 9.79 Å². The smallest absolute Gasteiger partial charge is 0.744 e. The Morgan fingerprint density at radius 1 is 0.821 bits per heavy atom. The first kappa shape index (κ1) is 22.4. The van der Waals surface area contributed by atoms with Gasteiger partial charge in [-0.15, -0.1) is 5.11 Å². The first-order valence-corrected chi connectivity index (χ1v) is 10.1. The molecule has 0 aliphatic heterocycles. The number of phenols is 1. The van der Waals surface area contributed by atoms with E-state index in [-0.39, 0.29) is 51.6 Å². The van der Waals surface area contributed by atoms with Gasteiger partial charge in [0.05, 0.1) is 15.5 Å². The van der Waals surface area contributed by atoms with Crippen molar-refractivity contribution in [1.29, 1.82) is 0 Å². The van der Waals surface area contributed by atoms with Crippen molar-refractivity contribution in [3.05, 3.63) is 54.6 Å². The Morgan fingerprint density at radius 3 is 2.00 bits per heavy atom. The van der Waals surface area contributed by atoms with Gasteiger partial charge in [-0.05, 0) is 47.9 Å². The van der Waals surface area contributed by atoms with Gasteiger partial charge < -0.3 is 9.66 Å². The second-order valence-corrected chi connectivity index (χ2v) is 8.24. The fourth-order valence-corrected chi connectivity index (χ4v) is 3.32. The molecular formula is C16H11N2NaO7S2. The molecule has 3 aromatic rings. The van der Waals surface area contributed by atoms with E-state index in [1.807, 2.05) is 0 Å². The van der Waals surface area contributed by atoms with Crippen LogP contribution in [0.4, 0.5) is 11.4 Å². The van der Waals surface area contributed by atoms with Gasteiger partial charge >= 0.3 is 29.6 Å². The summed E-state index contributed by atoms with van der Waals surface area (Å²) in [7, 11) is -8.95. The number of phenolic OH excluding ortho intramolecular Hbond substituents is 1. The van der Waals surface area contributed by atoms with Crippen LogP contribution in [0.25, 0.3) is 10.8 Å². The normalized spacial score (nSPS) is 12.2. The molecule has 0 radical (unpaired) electrons. The molecule has 0 unspecified atom stereocenters. The van der Waals surface area contributed by atoms with Crippen LogP contribution < -0.4 is 29.6 Å². The summed E-state index contributed by atoms with van der Waals surface area (Å²) in [4.78, 5) is -0.717. The Bertz CT molecular complexity index is 1270. The molecule has 12 heteroatoms. The van der Waals surface area contributed by atoms with Crippen molar-refractivity contribution in [3.63, 3.8) is 0 Å². The molecule has 9 nitrogen and oxygen atoms in total. The third-order valence-corrected chi connectivity index (χ3v) is 5.33. The molecule has 0 aliphatic carbocycles. The van der Waals surface area contributed by atoms with Crippen LogP contribution in [0.3, 0.4) is 0 Å². The first-order valence-electron chi connectivity index (χ1n) is 7.27. The van der Waals surface area contributed by atoms with Crippen LogP contribution in [0.2, 0.25) is 0 Å². The molecule has 3 rings (SSSR count). The number of aromatic hydroxyl groups is 1. The van der Waals surface area contributed by atoms with Crippen LogP contribution in [0, 0.1) is 0 Å². The molecule has 2 N–H and O–H groups in total. The summed E-state index contributed by atoms with van der Waals surface area (Å²) >= 11 is 0. The zero-order valence-electron chi connectivity index (χ0n) is 14.3. The number of azo groups is 1. The molecule has 0 spiro atoms.